The summed E-state index contributed by atoms with van der Waals surface area (Å²) in [6, 6.07) is 4.24. The van der Waals surface area contributed by atoms with Gasteiger partial charge in [-0.15, -0.1) is 0 Å². The Morgan fingerprint density at radius 3 is 2.60 bits per heavy atom. The van der Waals surface area contributed by atoms with Crippen LogP contribution in [0.5, 0.6) is 11.5 Å². The van der Waals surface area contributed by atoms with Gasteiger partial charge in [-0.3, -0.25) is 9.69 Å². The minimum Gasteiger partial charge on any atom is -0.504 e. The van der Waals surface area contributed by atoms with Gasteiger partial charge >= 0.3 is 0 Å². The monoisotopic (exact) mass is 207 g/mol. The van der Waals surface area contributed by atoms with Crippen molar-refractivity contribution in [1.29, 1.82) is 0 Å². The van der Waals surface area contributed by atoms with Gasteiger partial charge in [0.2, 0.25) is 0 Å². The number of carbonyl (C=O) groups excluding carboxylic acids is 1. The summed E-state index contributed by atoms with van der Waals surface area (Å²) in [6.07, 6.45) is 0.544. The highest BCUT2D eigenvalue weighted by Gasteiger charge is 2.31. The standard InChI is InChI=1S/C11H13NO3/c1-12-5-4-9(14)11(12)7-2-3-8(13)10(15)6-7/h2-3,6,11,13,15H,4-5H2,1H3. The van der Waals surface area contributed by atoms with E-state index in [0.29, 0.717) is 6.42 Å². The Kier molecular flexibility index (Phi) is 2.36. The van der Waals surface area contributed by atoms with E-state index < -0.39 is 0 Å². The maximum Gasteiger partial charge on any atom is 0.157 e. The van der Waals surface area contributed by atoms with Crippen molar-refractivity contribution in [2.24, 2.45) is 0 Å². The van der Waals surface area contributed by atoms with Crippen molar-refractivity contribution in [3.8, 4) is 11.5 Å². The molecule has 0 aliphatic carbocycles. The van der Waals surface area contributed by atoms with Crippen molar-refractivity contribution in [2.45, 2.75) is 12.5 Å². The smallest absolute Gasteiger partial charge is 0.157 e. The SMILES string of the molecule is CN1CCC(=O)C1c1ccc(O)c(O)c1. The zero-order valence-corrected chi connectivity index (χ0v) is 8.47. The van der Waals surface area contributed by atoms with Gasteiger partial charge in [0.15, 0.2) is 17.3 Å². The molecule has 2 rings (SSSR count). The molecule has 0 amide bonds. The van der Waals surface area contributed by atoms with E-state index in [0.717, 1.165) is 12.1 Å². The fraction of sp³-hybridized carbons (Fsp3) is 0.364. The largest absolute Gasteiger partial charge is 0.504 e. The molecule has 15 heavy (non-hydrogen) atoms. The number of phenols is 2. The minimum atomic E-state index is -0.281. The molecule has 1 fully saturated rings. The van der Waals surface area contributed by atoms with Crippen LogP contribution in [0.1, 0.15) is 18.0 Å². The number of Topliss-reactive ketones (excluding diaryl/α,β-unsaturated/α-hetero) is 1. The van der Waals surface area contributed by atoms with Gasteiger partial charge < -0.3 is 10.2 Å². The van der Waals surface area contributed by atoms with Crippen molar-refractivity contribution >= 4 is 5.78 Å². The van der Waals surface area contributed by atoms with Crippen LogP contribution in [0.15, 0.2) is 18.2 Å². The number of nitrogens with zero attached hydrogens (tertiary/aromatic N) is 1. The molecule has 0 spiro atoms. The third-order valence-electron chi connectivity index (χ3n) is 2.77. The molecule has 4 nitrogen and oxygen atoms in total. The van der Waals surface area contributed by atoms with Gasteiger partial charge in [-0.25, -0.2) is 0 Å². The average molecular weight is 207 g/mol. The number of aromatic hydroxyl groups is 2. The lowest BCUT2D eigenvalue weighted by Crippen LogP contribution is -2.20. The number of phenolic OH excluding ortho intramolecular Hbond substituents is 2. The first-order valence-corrected chi connectivity index (χ1v) is 4.84. The normalized spacial score (nSPS) is 22.2. The highest BCUT2D eigenvalue weighted by atomic mass is 16.3. The van der Waals surface area contributed by atoms with E-state index in [9.17, 15) is 9.90 Å². The topological polar surface area (TPSA) is 60.8 Å². The summed E-state index contributed by atoms with van der Waals surface area (Å²) in [4.78, 5) is 13.5. The molecule has 1 aliphatic heterocycles. The molecule has 1 saturated heterocycles. The summed E-state index contributed by atoms with van der Waals surface area (Å²) in [5.41, 5.74) is 0.732. The first kappa shape index (κ1) is 9.98. The van der Waals surface area contributed by atoms with Crippen LogP contribution in [-0.2, 0) is 4.79 Å². The van der Waals surface area contributed by atoms with Crippen LogP contribution in [0, 0.1) is 0 Å². The molecule has 0 radical (unpaired) electrons. The Morgan fingerprint density at radius 1 is 1.33 bits per heavy atom. The Hall–Kier alpha value is -1.55. The van der Waals surface area contributed by atoms with Gasteiger partial charge in [0, 0.05) is 13.0 Å². The zero-order chi connectivity index (χ0) is 11.0. The molecule has 1 heterocycles. The lowest BCUT2D eigenvalue weighted by atomic mass is 10.0. The molecule has 1 aromatic carbocycles. The van der Waals surface area contributed by atoms with E-state index >= 15 is 0 Å². The molecule has 1 aliphatic rings. The van der Waals surface area contributed by atoms with Crippen molar-refractivity contribution in [2.75, 3.05) is 13.6 Å². The molecule has 80 valence electrons. The van der Waals surface area contributed by atoms with Gasteiger partial charge in [0.1, 0.15) is 0 Å². The second-order valence-corrected chi connectivity index (χ2v) is 3.85. The van der Waals surface area contributed by atoms with Gasteiger partial charge in [0.05, 0.1) is 6.04 Å². The van der Waals surface area contributed by atoms with Crippen LogP contribution in [0.25, 0.3) is 0 Å². The van der Waals surface area contributed by atoms with Crippen LogP contribution in [0.4, 0.5) is 0 Å². The van der Waals surface area contributed by atoms with E-state index in [1.54, 1.807) is 6.07 Å². The number of likely N-dealkylation sites (tertiary alicyclic amines) is 1. The van der Waals surface area contributed by atoms with Crippen LogP contribution in [-0.4, -0.2) is 34.5 Å². The zero-order valence-electron chi connectivity index (χ0n) is 8.47. The van der Waals surface area contributed by atoms with Crippen molar-refractivity contribution < 1.29 is 15.0 Å². The maximum absolute atomic E-state index is 11.6. The number of likely N-dealkylation sites (N-methyl/N-ethyl adjacent to an activating group) is 1. The molecule has 1 atom stereocenters. The number of benzene rings is 1. The van der Waals surface area contributed by atoms with Crippen LogP contribution in [0.2, 0.25) is 0 Å². The van der Waals surface area contributed by atoms with Gasteiger partial charge in [0.25, 0.3) is 0 Å². The third-order valence-corrected chi connectivity index (χ3v) is 2.77. The Bertz CT molecular complexity index is 403. The second kappa shape index (κ2) is 3.55. The highest BCUT2D eigenvalue weighted by Crippen LogP contribution is 2.33. The molecule has 1 unspecified atom stereocenters. The number of hydrogen-bond acceptors (Lipinski definition) is 4. The van der Waals surface area contributed by atoms with E-state index in [1.807, 2.05) is 11.9 Å². The van der Waals surface area contributed by atoms with E-state index in [2.05, 4.69) is 0 Å². The second-order valence-electron chi connectivity index (χ2n) is 3.85. The number of rotatable bonds is 1. The van der Waals surface area contributed by atoms with Crippen LogP contribution >= 0.6 is 0 Å². The first-order chi connectivity index (χ1) is 7.09. The van der Waals surface area contributed by atoms with E-state index in [4.69, 9.17) is 5.11 Å². The highest BCUT2D eigenvalue weighted by molar-refractivity contribution is 5.87. The lowest BCUT2D eigenvalue weighted by Gasteiger charge is -2.18. The summed E-state index contributed by atoms with van der Waals surface area (Å²) in [5.74, 6) is -0.185. The van der Waals surface area contributed by atoms with Gasteiger partial charge in [-0.05, 0) is 24.7 Å². The van der Waals surface area contributed by atoms with Crippen molar-refractivity contribution in [3.63, 3.8) is 0 Å². The number of ketones is 1. The first-order valence-electron chi connectivity index (χ1n) is 4.84. The fourth-order valence-corrected chi connectivity index (χ4v) is 1.95. The third kappa shape index (κ3) is 1.68. The summed E-state index contributed by atoms with van der Waals surface area (Å²) in [5, 5.41) is 18.5. The summed E-state index contributed by atoms with van der Waals surface area (Å²) in [7, 11) is 1.87. The van der Waals surface area contributed by atoms with E-state index in [-0.39, 0.29) is 23.3 Å². The quantitative estimate of drug-likeness (QED) is 0.675. The summed E-state index contributed by atoms with van der Waals surface area (Å²) in [6.45, 7) is 0.741. The number of hydrogen-bond donors (Lipinski definition) is 2. The van der Waals surface area contributed by atoms with Crippen LogP contribution in [0.3, 0.4) is 0 Å². The molecule has 4 heteroatoms. The van der Waals surface area contributed by atoms with Crippen molar-refractivity contribution in [1.82, 2.24) is 4.90 Å². The average Bonchev–Trinajstić information content (AvgIpc) is 2.52. The van der Waals surface area contributed by atoms with E-state index in [1.165, 1.54) is 12.1 Å². The Balaban J connectivity index is 2.36. The summed E-state index contributed by atoms with van der Waals surface area (Å²) >= 11 is 0. The molecular formula is C11H13NO3. The van der Waals surface area contributed by atoms with Crippen molar-refractivity contribution in [3.05, 3.63) is 23.8 Å². The van der Waals surface area contributed by atoms with Gasteiger partial charge in [-0.1, -0.05) is 6.07 Å². The molecule has 0 aromatic heterocycles. The molecule has 2 N–H and O–H groups in total. The Morgan fingerprint density at radius 2 is 2.07 bits per heavy atom. The molecule has 0 saturated carbocycles. The Labute approximate surface area is 87.8 Å². The summed E-state index contributed by atoms with van der Waals surface area (Å²) < 4.78 is 0. The van der Waals surface area contributed by atoms with Crippen LogP contribution < -0.4 is 0 Å². The maximum atomic E-state index is 11.6. The minimum absolute atomic E-state index is 0.155. The molecular weight excluding hydrogens is 194 g/mol. The predicted molar refractivity (Wildman–Crippen MR) is 54.8 cm³/mol. The van der Waals surface area contributed by atoms with Gasteiger partial charge in [-0.2, -0.15) is 0 Å². The predicted octanol–water partition coefficient (Wildman–Crippen LogP) is 1.04. The molecule has 0 bridgehead atoms. The molecule has 1 aromatic rings. The lowest BCUT2D eigenvalue weighted by molar-refractivity contribution is -0.119. The number of carbonyl (C=O) groups is 1. The fourth-order valence-electron chi connectivity index (χ4n) is 1.95.